The molecular formula is C106H121BBrCl2IN6O20. The molecule has 0 spiro atoms. The van der Waals surface area contributed by atoms with E-state index in [2.05, 4.69) is 127 Å². The van der Waals surface area contributed by atoms with E-state index in [0.717, 1.165) is 106 Å². The third-order valence-corrected chi connectivity index (χ3v) is 13.8. The number of amides is 1. The van der Waals surface area contributed by atoms with Crippen LogP contribution in [0.2, 0.25) is 6.82 Å². The average Bonchev–Trinajstić information content (AvgIpc) is 1.73. The number of aromatic amines is 1. The Kier molecular flexibility index (Phi) is 117. The van der Waals surface area contributed by atoms with Crippen LogP contribution < -0.4 is 41.8 Å². The minimum Gasteiger partial charge on any atom is -0.508 e. The van der Waals surface area contributed by atoms with Crippen molar-refractivity contribution in [1.82, 2.24) is 15.2 Å². The molecule has 1 aliphatic heterocycles. The molecule has 1 aromatic heterocycles. The first kappa shape index (κ1) is 138. The number of nitrogens with two attached hydrogens (primary N) is 1. The molecule has 0 saturated carbocycles. The van der Waals surface area contributed by atoms with Crippen molar-refractivity contribution < 1.29 is 88.2 Å². The summed E-state index contributed by atoms with van der Waals surface area (Å²) < 4.78 is 31.6. The van der Waals surface area contributed by atoms with Gasteiger partial charge in [0.25, 0.3) is 0 Å². The van der Waals surface area contributed by atoms with Gasteiger partial charge in [-0.15, -0.1) is 82.1 Å². The number of aliphatic hydroxyl groups excluding tert-OH is 3. The van der Waals surface area contributed by atoms with Gasteiger partial charge in [0, 0.05) is 43.6 Å². The molecule has 12 aromatic rings. The molecule has 13 rings (SSSR count). The van der Waals surface area contributed by atoms with E-state index in [4.69, 9.17) is 64.5 Å². The Labute approximate surface area is 843 Å². The van der Waals surface area contributed by atoms with Crippen LogP contribution in [0.3, 0.4) is 0 Å². The van der Waals surface area contributed by atoms with E-state index >= 15 is 0 Å². The van der Waals surface area contributed by atoms with Gasteiger partial charge in [-0.3, -0.25) is 19.2 Å². The maximum absolute atomic E-state index is 11.1. The third-order valence-electron chi connectivity index (χ3n) is 13.7. The molecule has 0 atom stereocenters. The van der Waals surface area contributed by atoms with Gasteiger partial charge in [0.2, 0.25) is 6.08 Å². The Hall–Kier alpha value is -14.4. The summed E-state index contributed by atoms with van der Waals surface area (Å²) in [7, 11) is 5.50. The van der Waals surface area contributed by atoms with Gasteiger partial charge in [-0.05, 0) is 142 Å². The zero-order valence-electron chi connectivity index (χ0n) is 77.6. The van der Waals surface area contributed by atoms with Crippen LogP contribution in [-0.4, -0.2) is 156 Å². The number of aliphatic hydroxyl groups is 3. The number of terminal acetylenes is 1. The number of H-pyrrole nitrogens is 1. The summed E-state index contributed by atoms with van der Waals surface area (Å²) in [5, 5.41) is 55.9. The number of hydrogen-bond donors (Lipinski definition) is 10. The number of oxime groups is 1. The predicted molar refractivity (Wildman–Crippen MR) is 564 cm³/mol. The number of aldehydes is 3. The van der Waals surface area contributed by atoms with Gasteiger partial charge >= 0.3 is 16.8 Å². The smallest absolute Gasteiger partial charge is 0.440 e. The number of phenolic OH excluding ortho intramolecular Hbond substituents is 1. The number of aliphatic imine (C=N–C) groups is 1. The quantitative estimate of drug-likeness (QED) is 0.00367. The van der Waals surface area contributed by atoms with Crippen LogP contribution in [0.25, 0.3) is 0 Å². The number of carbonyl (C=O) groups is 4. The summed E-state index contributed by atoms with van der Waals surface area (Å²) in [5.41, 5.74) is 6.63. The molecule has 1 fully saturated rings. The zero-order chi connectivity index (χ0) is 101. The fourth-order valence-electron chi connectivity index (χ4n) is 7.94. The summed E-state index contributed by atoms with van der Waals surface area (Å²) in [4.78, 5) is 74.6. The summed E-state index contributed by atoms with van der Waals surface area (Å²) in [6, 6.07) is 103. The van der Waals surface area contributed by atoms with E-state index in [1.165, 1.54) is 25.9 Å². The standard InChI is InChI=1S/4C10H10O.C9H8N2O3.C7H9NO.C7H7NO.3C7H6O.C6H6O.C4H8O.C4H6O.C3H4O.C2ClNO2.CH3B.CH3Br.CH4O.ClH.HI.H3NO/c4*1-2-3-9-11-10-7-5-4-6-8-10;12-8-10-9(13)14-11(8)6-7-4-2-1-3-5-7;2*9-8-6-7-4-2-1-3-5-7;3*8-6-7-4-2-1-3-5-7;7-6-4-2-1-3-5-6;1-2-4-5-3-1;1-2-3-4-5;1-2-3-4;3-2(6)4-1-5;3*1-2;;;1-2/h4*4-8H,9H2,1H3;1-5H,6H2,(H,10,12,13);1-5,8-9H,6H2;1-6,9H;3*1-6H;1-5,7H;1-4H2;5H,4H2,1H3;1,4H,3H2;;2*1H3;2H,1H3;2*1H;2H,1H2/b;;;;;;8-6+;;;;;;;;;;;;;;. The van der Waals surface area contributed by atoms with E-state index in [1.807, 2.05) is 290 Å². The number of rotatable bonds is 16. The van der Waals surface area contributed by atoms with Crippen LogP contribution in [0.1, 0.15) is 95.2 Å². The van der Waals surface area contributed by atoms with Gasteiger partial charge < -0.3 is 64.3 Å². The molecular weight excluding hydrogens is 1970 g/mol. The van der Waals surface area contributed by atoms with Crippen molar-refractivity contribution >= 4 is 108 Å². The molecule has 137 heavy (non-hydrogen) atoms. The number of alkyl halides is 1. The van der Waals surface area contributed by atoms with Crippen molar-refractivity contribution in [2.24, 2.45) is 16.0 Å². The number of carbonyl (C=O) groups excluding carboxylic acids is 5. The van der Waals surface area contributed by atoms with E-state index in [0.29, 0.717) is 38.7 Å². The lowest BCUT2D eigenvalue weighted by molar-refractivity contribution is 0.111. The number of nitrogens with zero attached hydrogens (tertiary/aromatic N) is 3. The first-order valence-electron chi connectivity index (χ1n) is 40.2. The highest BCUT2D eigenvalue weighted by atomic mass is 127. The Bertz CT molecular complexity index is 4940. The molecule has 726 valence electrons. The Morgan fingerprint density at radius 3 is 0.927 bits per heavy atom. The van der Waals surface area contributed by atoms with Gasteiger partial charge in [-0.25, -0.2) is 30.7 Å². The molecule has 2 heterocycles. The fraction of sp³-hybridized carbons (Fsp3) is 0.189. The van der Waals surface area contributed by atoms with Crippen LogP contribution in [0, 0.1) is 71.5 Å². The van der Waals surface area contributed by atoms with Gasteiger partial charge in [0.05, 0.1) is 20.6 Å². The highest BCUT2D eigenvalue weighted by molar-refractivity contribution is 14.0. The normalized spacial score (nSPS) is 8.52. The van der Waals surface area contributed by atoms with Crippen molar-refractivity contribution in [1.29, 1.82) is 0 Å². The number of para-hydroxylation sites is 5. The summed E-state index contributed by atoms with van der Waals surface area (Å²) in [5.74, 6) is 37.7. The zero-order valence-corrected chi connectivity index (χ0v) is 83.1. The number of halogens is 4. The Morgan fingerprint density at radius 1 is 0.489 bits per heavy atom. The number of hydrogen-bond acceptors (Lipinski definition) is 23. The SMILES string of the molecule is C#CCO.C1CCOC1.CBr.CC#CCO.CC#CCOc1ccccc1.CC#CCOc1ccccc1.CC#CCOc1ccccc1.CC#CCOc1ccccc1.CO.Cl.I.NO.O/N=C/c1ccccc1.O=C=NC(=O)Cl.O=Cc1ccccc1.O=Cc1ccccc1.O=Cc1ccccc1.O=c1[nH]c(=O)n(Cc2ccccc2)o1.ONCc1ccccc1.Oc1ccccc1.[B]C. The Morgan fingerprint density at radius 2 is 0.752 bits per heavy atom. The van der Waals surface area contributed by atoms with Gasteiger partial charge in [0.1, 0.15) is 87.2 Å². The number of nitrogens with one attached hydrogen (secondary N) is 2. The monoisotopic (exact) mass is 2080 g/mol. The minimum atomic E-state index is -1.04. The largest absolute Gasteiger partial charge is 0.508 e. The first-order chi connectivity index (χ1) is 66.1. The number of benzene rings is 11. The van der Waals surface area contributed by atoms with Crippen LogP contribution >= 0.6 is 63.9 Å². The molecule has 1 saturated heterocycles. The maximum Gasteiger partial charge on any atom is 0.440 e. The molecule has 31 heteroatoms. The summed E-state index contributed by atoms with van der Waals surface area (Å²) in [6.45, 7) is 14.9. The van der Waals surface area contributed by atoms with E-state index in [9.17, 15) is 28.8 Å². The lowest BCUT2D eigenvalue weighted by atomic mass is 10.2. The maximum atomic E-state index is 11.1. The average molecular weight is 2090 g/mol. The second kappa shape index (κ2) is 116. The summed E-state index contributed by atoms with van der Waals surface area (Å²) in [6.07, 6.45) is 11.9. The second-order valence-corrected chi connectivity index (χ2v) is 23.4. The fourth-order valence-corrected chi connectivity index (χ4v) is 7.98. The molecule has 1 aliphatic rings. The molecule has 11 aromatic carbocycles. The topological polar surface area (TPSA) is 404 Å². The number of aromatic nitrogens is 2. The van der Waals surface area contributed by atoms with Crippen LogP contribution in [0.4, 0.5) is 4.79 Å². The molecule has 0 aliphatic carbocycles. The summed E-state index contributed by atoms with van der Waals surface area (Å²) >= 11 is 7.45. The van der Waals surface area contributed by atoms with Crippen LogP contribution in [0.5, 0.6) is 28.7 Å². The van der Waals surface area contributed by atoms with Crippen LogP contribution in [-0.2, 0) is 22.6 Å². The molecule has 11 N–H and O–H groups in total. The minimum absolute atomic E-state index is 0. The predicted octanol–water partition coefficient (Wildman–Crippen LogP) is 19.4. The highest BCUT2D eigenvalue weighted by Crippen LogP contribution is 2.11. The van der Waals surface area contributed by atoms with Gasteiger partial charge in [-0.1, -0.05) is 336 Å². The van der Waals surface area contributed by atoms with Crippen LogP contribution in [0.15, 0.2) is 358 Å². The van der Waals surface area contributed by atoms with E-state index < -0.39 is 16.8 Å². The van der Waals surface area contributed by atoms with Gasteiger partial charge in [-0.2, -0.15) is 0 Å². The lowest BCUT2D eigenvalue weighted by Crippen LogP contribution is -2.17. The number of ether oxygens (including phenoxy) is 5. The molecule has 26 nitrogen and oxygen atoms in total. The third kappa shape index (κ3) is 98.9. The van der Waals surface area contributed by atoms with Crippen molar-refractivity contribution in [2.45, 2.75) is 67.4 Å². The molecule has 2 radical (unpaired) electrons. The number of hydroxylamine groups is 1. The second-order valence-electron chi connectivity index (χ2n) is 23.1. The van der Waals surface area contributed by atoms with E-state index in [1.54, 1.807) is 95.3 Å². The first-order valence-corrected chi connectivity index (χ1v) is 42.2. The number of aromatic hydroxyl groups is 1. The number of phenols is 1. The van der Waals surface area contributed by atoms with Crippen molar-refractivity contribution in [3.8, 4) is 100 Å². The molecule has 0 unspecified atom stereocenters. The van der Waals surface area contributed by atoms with Crippen molar-refractivity contribution in [2.75, 3.05) is 65.8 Å². The molecule has 1 amide bonds. The van der Waals surface area contributed by atoms with Crippen molar-refractivity contribution in [3.63, 3.8) is 0 Å². The molecule has 0 bridgehead atoms. The van der Waals surface area contributed by atoms with Crippen molar-refractivity contribution in [3.05, 3.63) is 388 Å². The Balaban J connectivity index is -0.000000217. The lowest BCUT2D eigenvalue weighted by Gasteiger charge is -1.98. The highest BCUT2D eigenvalue weighted by Gasteiger charge is 2.03. The van der Waals surface area contributed by atoms with Gasteiger partial charge in [0.15, 0.2) is 0 Å². The van der Waals surface area contributed by atoms with E-state index in [-0.39, 0.29) is 56.1 Å². The number of isocyanates is 1.